The van der Waals surface area contributed by atoms with E-state index in [0.717, 1.165) is 25.4 Å². The second-order valence-corrected chi connectivity index (χ2v) is 6.56. The molecule has 0 amide bonds. The maximum atomic E-state index is 12.3. The standard InChI is InChI=1S/C16H30N2O2/c1-4-18(12-13-6-7-13)11-10-16(3,15(19)20-5-2)17-14-8-9-14/h13-14,17H,4-12H2,1-3H3. The first-order valence-electron chi connectivity index (χ1n) is 8.24. The van der Waals surface area contributed by atoms with Crippen LogP contribution in [-0.2, 0) is 9.53 Å². The van der Waals surface area contributed by atoms with Gasteiger partial charge in [0.1, 0.15) is 5.54 Å². The third-order valence-electron chi connectivity index (χ3n) is 4.41. The molecule has 4 heteroatoms. The van der Waals surface area contributed by atoms with Crippen LogP contribution in [0.1, 0.15) is 52.9 Å². The summed E-state index contributed by atoms with van der Waals surface area (Å²) in [6.45, 7) is 9.79. The van der Waals surface area contributed by atoms with Gasteiger partial charge < -0.3 is 9.64 Å². The fraction of sp³-hybridized carbons (Fsp3) is 0.938. The van der Waals surface area contributed by atoms with Crippen molar-refractivity contribution in [1.82, 2.24) is 10.2 Å². The van der Waals surface area contributed by atoms with E-state index in [9.17, 15) is 4.79 Å². The number of nitrogens with zero attached hydrogens (tertiary/aromatic N) is 1. The SMILES string of the molecule is CCOC(=O)C(C)(CCN(CC)CC1CC1)NC1CC1. The van der Waals surface area contributed by atoms with Crippen molar-refractivity contribution in [1.29, 1.82) is 0 Å². The smallest absolute Gasteiger partial charge is 0.326 e. The largest absolute Gasteiger partial charge is 0.465 e. The molecule has 1 unspecified atom stereocenters. The fourth-order valence-electron chi connectivity index (χ4n) is 2.63. The average Bonchev–Trinajstić information content (AvgIpc) is 3.30. The van der Waals surface area contributed by atoms with Crippen LogP contribution in [0.15, 0.2) is 0 Å². The van der Waals surface area contributed by atoms with Crippen molar-refractivity contribution in [3.8, 4) is 0 Å². The van der Waals surface area contributed by atoms with E-state index in [4.69, 9.17) is 4.74 Å². The minimum absolute atomic E-state index is 0.0885. The lowest BCUT2D eigenvalue weighted by Gasteiger charge is -2.31. The lowest BCUT2D eigenvalue weighted by Crippen LogP contribution is -2.53. The molecule has 0 aromatic rings. The van der Waals surface area contributed by atoms with E-state index in [1.165, 1.54) is 32.2 Å². The Morgan fingerprint density at radius 3 is 2.50 bits per heavy atom. The summed E-state index contributed by atoms with van der Waals surface area (Å²) in [5, 5.41) is 3.50. The molecular formula is C16H30N2O2. The molecule has 0 aromatic heterocycles. The van der Waals surface area contributed by atoms with E-state index in [2.05, 4.69) is 17.1 Å². The fourth-order valence-corrected chi connectivity index (χ4v) is 2.63. The molecule has 0 saturated heterocycles. The van der Waals surface area contributed by atoms with Gasteiger partial charge in [-0.25, -0.2) is 0 Å². The highest BCUT2D eigenvalue weighted by atomic mass is 16.5. The van der Waals surface area contributed by atoms with Gasteiger partial charge in [-0.05, 0) is 58.4 Å². The third-order valence-corrected chi connectivity index (χ3v) is 4.41. The first-order chi connectivity index (χ1) is 9.57. The van der Waals surface area contributed by atoms with Crippen molar-refractivity contribution in [3.63, 3.8) is 0 Å². The summed E-state index contributed by atoms with van der Waals surface area (Å²) in [5.74, 6) is 0.814. The van der Waals surface area contributed by atoms with Gasteiger partial charge in [0.05, 0.1) is 6.61 Å². The van der Waals surface area contributed by atoms with Gasteiger partial charge in [-0.2, -0.15) is 0 Å². The average molecular weight is 282 g/mol. The van der Waals surface area contributed by atoms with Crippen LogP contribution < -0.4 is 5.32 Å². The van der Waals surface area contributed by atoms with Gasteiger partial charge >= 0.3 is 5.97 Å². The maximum absolute atomic E-state index is 12.3. The van der Waals surface area contributed by atoms with Crippen LogP contribution in [-0.4, -0.2) is 48.7 Å². The second kappa shape index (κ2) is 6.90. The molecule has 2 saturated carbocycles. The zero-order valence-corrected chi connectivity index (χ0v) is 13.3. The van der Waals surface area contributed by atoms with Crippen molar-refractivity contribution in [2.24, 2.45) is 5.92 Å². The summed E-state index contributed by atoms with van der Waals surface area (Å²) < 4.78 is 5.28. The summed E-state index contributed by atoms with van der Waals surface area (Å²) in [7, 11) is 0. The predicted molar refractivity (Wildman–Crippen MR) is 80.7 cm³/mol. The van der Waals surface area contributed by atoms with Crippen molar-refractivity contribution in [3.05, 3.63) is 0 Å². The maximum Gasteiger partial charge on any atom is 0.326 e. The van der Waals surface area contributed by atoms with E-state index < -0.39 is 5.54 Å². The van der Waals surface area contributed by atoms with Crippen molar-refractivity contribution < 1.29 is 9.53 Å². The van der Waals surface area contributed by atoms with Crippen LogP contribution in [0.3, 0.4) is 0 Å². The molecular weight excluding hydrogens is 252 g/mol. The first kappa shape index (κ1) is 15.8. The van der Waals surface area contributed by atoms with Crippen molar-refractivity contribution in [2.75, 3.05) is 26.2 Å². The molecule has 0 heterocycles. The number of hydrogen-bond donors (Lipinski definition) is 1. The lowest BCUT2D eigenvalue weighted by molar-refractivity contribution is -0.151. The molecule has 2 aliphatic rings. The minimum atomic E-state index is -0.520. The molecule has 116 valence electrons. The molecule has 20 heavy (non-hydrogen) atoms. The van der Waals surface area contributed by atoms with Crippen LogP contribution in [0.25, 0.3) is 0 Å². The van der Waals surface area contributed by atoms with Crippen LogP contribution in [0, 0.1) is 5.92 Å². The van der Waals surface area contributed by atoms with Gasteiger partial charge in [-0.1, -0.05) is 6.92 Å². The van der Waals surface area contributed by atoms with Crippen LogP contribution in [0.4, 0.5) is 0 Å². The molecule has 0 spiro atoms. The van der Waals surface area contributed by atoms with Crippen molar-refractivity contribution >= 4 is 5.97 Å². The summed E-state index contributed by atoms with van der Waals surface area (Å²) in [6.07, 6.45) is 5.98. The number of hydrogen-bond acceptors (Lipinski definition) is 4. The number of rotatable bonds is 10. The Morgan fingerprint density at radius 1 is 1.30 bits per heavy atom. The van der Waals surface area contributed by atoms with Gasteiger partial charge in [-0.3, -0.25) is 10.1 Å². The van der Waals surface area contributed by atoms with E-state index in [1.807, 2.05) is 13.8 Å². The molecule has 1 N–H and O–H groups in total. The molecule has 2 aliphatic carbocycles. The summed E-state index contributed by atoms with van der Waals surface area (Å²) in [5.41, 5.74) is -0.520. The summed E-state index contributed by atoms with van der Waals surface area (Å²) in [6, 6.07) is 0.517. The Hall–Kier alpha value is -0.610. The molecule has 0 bridgehead atoms. The molecule has 4 nitrogen and oxygen atoms in total. The van der Waals surface area contributed by atoms with Gasteiger partial charge in [0.15, 0.2) is 0 Å². The summed E-state index contributed by atoms with van der Waals surface area (Å²) >= 11 is 0. The molecule has 2 rings (SSSR count). The van der Waals surface area contributed by atoms with Gasteiger partial charge in [0.25, 0.3) is 0 Å². The normalized spacial score (nSPS) is 21.8. The number of esters is 1. The number of ether oxygens (including phenoxy) is 1. The zero-order chi connectivity index (χ0) is 14.6. The van der Waals surface area contributed by atoms with Crippen LogP contribution >= 0.6 is 0 Å². The highest BCUT2D eigenvalue weighted by Gasteiger charge is 2.39. The number of carbonyl (C=O) groups excluding carboxylic acids is 1. The van der Waals surface area contributed by atoms with Crippen LogP contribution in [0.2, 0.25) is 0 Å². The number of nitrogens with one attached hydrogen (secondary N) is 1. The molecule has 0 radical (unpaired) electrons. The Labute approximate surface area is 123 Å². The lowest BCUT2D eigenvalue weighted by atomic mass is 9.97. The molecule has 1 atom stereocenters. The van der Waals surface area contributed by atoms with Crippen molar-refractivity contribution in [2.45, 2.75) is 64.5 Å². The Balaban J connectivity index is 1.85. The quantitative estimate of drug-likeness (QED) is 0.624. The monoisotopic (exact) mass is 282 g/mol. The van der Waals surface area contributed by atoms with E-state index in [-0.39, 0.29) is 5.97 Å². The zero-order valence-electron chi connectivity index (χ0n) is 13.3. The summed E-state index contributed by atoms with van der Waals surface area (Å²) in [4.78, 5) is 14.7. The van der Waals surface area contributed by atoms with Gasteiger partial charge in [0.2, 0.25) is 0 Å². The highest BCUT2D eigenvalue weighted by Crippen LogP contribution is 2.30. The van der Waals surface area contributed by atoms with E-state index >= 15 is 0 Å². The Kier molecular flexibility index (Phi) is 5.44. The van der Waals surface area contributed by atoms with Gasteiger partial charge in [0, 0.05) is 19.1 Å². The van der Waals surface area contributed by atoms with Gasteiger partial charge in [-0.15, -0.1) is 0 Å². The van der Waals surface area contributed by atoms with Crippen LogP contribution in [0.5, 0.6) is 0 Å². The second-order valence-electron chi connectivity index (χ2n) is 6.56. The third kappa shape index (κ3) is 4.74. The molecule has 0 aliphatic heterocycles. The topological polar surface area (TPSA) is 41.6 Å². The minimum Gasteiger partial charge on any atom is -0.465 e. The Bertz CT molecular complexity index is 326. The van der Waals surface area contributed by atoms with E-state index in [0.29, 0.717) is 12.6 Å². The molecule has 0 aromatic carbocycles. The Morgan fingerprint density at radius 2 is 2.00 bits per heavy atom. The highest BCUT2D eigenvalue weighted by molar-refractivity contribution is 5.80. The van der Waals surface area contributed by atoms with E-state index in [1.54, 1.807) is 0 Å². The number of carbonyl (C=O) groups is 1. The predicted octanol–water partition coefficient (Wildman–Crippen LogP) is 2.18. The first-order valence-corrected chi connectivity index (χ1v) is 8.24. The molecule has 2 fully saturated rings.